The van der Waals surface area contributed by atoms with Crippen molar-refractivity contribution in [1.82, 2.24) is 9.55 Å². The number of hydrogen-bond acceptors (Lipinski definition) is 3. The van der Waals surface area contributed by atoms with E-state index in [0.29, 0.717) is 10.8 Å². The molecule has 1 aromatic carbocycles. The fourth-order valence-corrected chi connectivity index (χ4v) is 2.50. The standard InChI is InChI=1S/C14H18N2O2S/c1-4-12-15-11-7-5-6-10(14(17)18)13(11)16(12)8-9(2)19-3/h5-7,9H,4,8H2,1-3H3,(H,17,18). The zero-order valence-electron chi connectivity index (χ0n) is 11.4. The number of aromatic carboxylic acids is 1. The number of aromatic nitrogens is 2. The van der Waals surface area contributed by atoms with Crippen LogP contribution in [0.2, 0.25) is 0 Å². The molecule has 0 spiro atoms. The van der Waals surface area contributed by atoms with Gasteiger partial charge in [0.1, 0.15) is 5.82 Å². The van der Waals surface area contributed by atoms with Gasteiger partial charge in [0.2, 0.25) is 0 Å². The van der Waals surface area contributed by atoms with Crippen LogP contribution in [0.1, 0.15) is 30.0 Å². The lowest BCUT2D eigenvalue weighted by Crippen LogP contribution is -2.13. The van der Waals surface area contributed by atoms with Crippen molar-refractivity contribution in [2.24, 2.45) is 0 Å². The number of hydrogen-bond donors (Lipinski definition) is 1. The Balaban J connectivity index is 2.66. The lowest BCUT2D eigenvalue weighted by atomic mass is 10.2. The van der Waals surface area contributed by atoms with Crippen LogP contribution in [0, 0.1) is 0 Å². The lowest BCUT2D eigenvalue weighted by molar-refractivity contribution is 0.0698. The topological polar surface area (TPSA) is 55.1 Å². The van der Waals surface area contributed by atoms with Gasteiger partial charge in [0, 0.05) is 18.2 Å². The minimum Gasteiger partial charge on any atom is -0.478 e. The van der Waals surface area contributed by atoms with E-state index in [2.05, 4.69) is 22.7 Å². The summed E-state index contributed by atoms with van der Waals surface area (Å²) in [5.74, 6) is 0.0517. The SMILES string of the molecule is CCc1nc2cccc(C(=O)O)c2n1CC(C)SC. The van der Waals surface area contributed by atoms with E-state index in [1.807, 2.05) is 13.0 Å². The number of imidazole rings is 1. The van der Waals surface area contributed by atoms with Crippen LogP contribution in [-0.4, -0.2) is 32.1 Å². The van der Waals surface area contributed by atoms with E-state index in [4.69, 9.17) is 0 Å². The second-order valence-electron chi connectivity index (χ2n) is 4.52. The zero-order chi connectivity index (χ0) is 14.0. The maximum atomic E-state index is 11.4. The van der Waals surface area contributed by atoms with Crippen LogP contribution >= 0.6 is 11.8 Å². The molecular weight excluding hydrogens is 260 g/mol. The third-order valence-corrected chi connectivity index (χ3v) is 4.19. The summed E-state index contributed by atoms with van der Waals surface area (Å²) in [5, 5.41) is 9.76. The Bertz CT molecular complexity index is 607. The van der Waals surface area contributed by atoms with Gasteiger partial charge in [-0.2, -0.15) is 11.8 Å². The minimum atomic E-state index is -0.897. The molecule has 0 fully saturated rings. The van der Waals surface area contributed by atoms with Crippen LogP contribution in [-0.2, 0) is 13.0 Å². The quantitative estimate of drug-likeness (QED) is 0.913. The number of para-hydroxylation sites is 1. The molecule has 2 aromatic rings. The Labute approximate surface area is 116 Å². The molecule has 5 heteroatoms. The van der Waals surface area contributed by atoms with Gasteiger partial charge in [-0.1, -0.05) is 19.9 Å². The van der Waals surface area contributed by atoms with Crippen LogP contribution in [0.5, 0.6) is 0 Å². The first-order valence-electron chi connectivity index (χ1n) is 6.32. The van der Waals surface area contributed by atoms with Gasteiger partial charge < -0.3 is 9.67 Å². The van der Waals surface area contributed by atoms with Gasteiger partial charge in [-0.15, -0.1) is 0 Å². The summed E-state index contributed by atoms with van der Waals surface area (Å²) in [5.41, 5.74) is 1.84. The van der Waals surface area contributed by atoms with Gasteiger partial charge in [-0.05, 0) is 18.4 Å². The molecule has 0 aliphatic carbocycles. The highest BCUT2D eigenvalue weighted by atomic mass is 32.2. The van der Waals surface area contributed by atoms with Gasteiger partial charge in [0.15, 0.2) is 0 Å². The molecule has 2 rings (SSSR count). The van der Waals surface area contributed by atoms with Crippen molar-refractivity contribution in [3.63, 3.8) is 0 Å². The molecule has 1 heterocycles. The fraction of sp³-hybridized carbons (Fsp3) is 0.429. The van der Waals surface area contributed by atoms with Crippen molar-refractivity contribution in [2.45, 2.75) is 32.1 Å². The first-order valence-corrected chi connectivity index (χ1v) is 7.61. The average Bonchev–Trinajstić information content (AvgIpc) is 2.76. The van der Waals surface area contributed by atoms with Crippen LogP contribution in [0.4, 0.5) is 0 Å². The van der Waals surface area contributed by atoms with E-state index in [9.17, 15) is 9.90 Å². The first kappa shape index (κ1) is 13.9. The molecular formula is C14H18N2O2S. The predicted molar refractivity (Wildman–Crippen MR) is 79.0 cm³/mol. The molecule has 102 valence electrons. The Morgan fingerprint density at radius 3 is 2.84 bits per heavy atom. The van der Waals surface area contributed by atoms with Crippen LogP contribution in [0.3, 0.4) is 0 Å². The number of fused-ring (bicyclic) bond motifs is 1. The smallest absolute Gasteiger partial charge is 0.337 e. The normalized spacial score (nSPS) is 12.8. The van der Waals surface area contributed by atoms with E-state index in [1.165, 1.54) is 0 Å². The number of carboxylic acid groups (broad SMARTS) is 1. The number of rotatable bonds is 5. The molecule has 1 atom stereocenters. The van der Waals surface area contributed by atoms with Gasteiger partial charge in [0.25, 0.3) is 0 Å². The summed E-state index contributed by atoms with van der Waals surface area (Å²) < 4.78 is 2.06. The summed E-state index contributed by atoms with van der Waals surface area (Å²) in [4.78, 5) is 15.9. The molecule has 19 heavy (non-hydrogen) atoms. The second kappa shape index (κ2) is 5.65. The number of carboxylic acids is 1. The highest BCUT2D eigenvalue weighted by Gasteiger charge is 2.17. The van der Waals surface area contributed by atoms with Crippen molar-refractivity contribution < 1.29 is 9.90 Å². The van der Waals surface area contributed by atoms with Crippen LogP contribution in [0.15, 0.2) is 18.2 Å². The molecule has 0 saturated heterocycles. The number of benzene rings is 1. The van der Waals surface area contributed by atoms with E-state index in [-0.39, 0.29) is 0 Å². The van der Waals surface area contributed by atoms with Crippen molar-refractivity contribution in [1.29, 1.82) is 0 Å². The van der Waals surface area contributed by atoms with E-state index in [0.717, 1.165) is 29.8 Å². The van der Waals surface area contributed by atoms with E-state index < -0.39 is 5.97 Å². The summed E-state index contributed by atoms with van der Waals surface area (Å²) in [6.07, 6.45) is 2.86. The maximum Gasteiger partial charge on any atom is 0.337 e. The average molecular weight is 278 g/mol. The van der Waals surface area contributed by atoms with Crippen molar-refractivity contribution in [3.05, 3.63) is 29.6 Å². The first-order chi connectivity index (χ1) is 9.08. The molecule has 0 amide bonds. The summed E-state index contributed by atoms with van der Waals surface area (Å²) in [7, 11) is 0. The van der Waals surface area contributed by atoms with E-state index >= 15 is 0 Å². The lowest BCUT2D eigenvalue weighted by Gasteiger charge is -2.13. The summed E-state index contributed by atoms with van der Waals surface area (Å²) in [6.45, 7) is 4.96. The highest BCUT2D eigenvalue weighted by molar-refractivity contribution is 7.99. The Hall–Kier alpha value is -1.49. The van der Waals surface area contributed by atoms with Crippen molar-refractivity contribution in [2.75, 3.05) is 6.26 Å². The molecule has 0 radical (unpaired) electrons. The highest BCUT2D eigenvalue weighted by Crippen LogP contribution is 2.23. The zero-order valence-corrected chi connectivity index (χ0v) is 12.2. The molecule has 0 bridgehead atoms. The molecule has 0 saturated carbocycles. The number of thioether (sulfide) groups is 1. The third kappa shape index (κ3) is 2.61. The molecule has 1 aromatic heterocycles. The molecule has 0 aliphatic rings. The monoisotopic (exact) mass is 278 g/mol. The van der Waals surface area contributed by atoms with Crippen LogP contribution in [0.25, 0.3) is 11.0 Å². The van der Waals surface area contributed by atoms with Gasteiger partial charge in [0.05, 0.1) is 16.6 Å². The Morgan fingerprint density at radius 1 is 1.53 bits per heavy atom. The van der Waals surface area contributed by atoms with Crippen molar-refractivity contribution >= 4 is 28.8 Å². The second-order valence-corrected chi connectivity index (χ2v) is 5.79. The van der Waals surface area contributed by atoms with E-state index in [1.54, 1.807) is 23.9 Å². The van der Waals surface area contributed by atoms with Gasteiger partial charge in [-0.3, -0.25) is 0 Å². The molecule has 1 N–H and O–H groups in total. The number of carbonyl (C=O) groups is 1. The van der Waals surface area contributed by atoms with Gasteiger partial charge >= 0.3 is 5.97 Å². The predicted octanol–water partition coefficient (Wildman–Crippen LogP) is 3.05. The summed E-state index contributed by atoms with van der Waals surface area (Å²) in [6, 6.07) is 5.27. The number of aryl methyl sites for hydroxylation is 1. The fourth-order valence-electron chi connectivity index (χ4n) is 2.20. The molecule has 4 nitrogen and oxygen atoms in total. The maximum absolute atomic E-state index is 11.4. The molecule has 0 aliphatic heterocycles. The van der Waals surface area contributed by atoms with Gasteiger partial charge in [-0.25, -0.2) is 9.78 Å². The Morgan fingerprint density at radius 2 is 2.26 bits per heavy atom. The van der Waals surface area contributed by atoms with Crippen molar-refractivity contribution in [3.8, 4) is 0 Å². The van der Waals surface area contributed by atoms with Crippen LogP contribution < -0.4 is 0 Å². The molecule has 1 unspecified atom stereocenters. The minimum absolute atomic E-state index is 0.331. The largest absolute Gasteiger partial charge is 0.478 e. The summed E-state index contributed by atoms with van der Waals surface area (Å²) >= 11 is 1.77. The third-order valence-electron chi connectivity index (χ3n) is 3.23. The Kier molecular flexibility index (Phi) is 4.14. The number of nitrogens with zero attached hydrogens (tertiary/aromatic N) is 2.